The molecule has 0 bridgehead atoms. The van der Waals surface area contributed by atoms with E-state index in [-0.39, 0.29) is 18.4 Å². The summed E-state index contributed by atoms with van der Waals surface area (Å²) in [7, 11) is 2.88. The Labute approximate surface area is 159 Å². The predicted octanol–water partition coefficient (Wildman–Crippen LogP) is 3.23. The van der Waals surface area contributed by atoms with Gasteiger partial charge in [0.25, 0.3) is 0 Å². The maximum atomic E-state index is 12.3. The Morgan fingerprint density at radius 1 is 1.27 bits per heavy atom. The van der Waals surface area contributed by atoms with Gasteiger partial charge in [0.15, 0.2) is 0 Å². The summed E-state index contributed by atoms with van der Waals surface area (Å²) in [5.74, 6) is -1.14. The van der Waals surface area contributed by atoms with Gasteiger partial charge in [-0.05, 0) is 30.2 Å². The van der Waals surface area contributed by atoms with E-state index in [2.05, 4.69) is 15.9 Å². The minimum absolute atomic E-state index is 0.110. The Balaban J connectivity index is 1.70. The van der Waals surface area contributed by atoms with Crippen LogP contribution in [0.2, 0.25) is 0 Å². The molecule has 0 radical (unpaired) electrons. The van der Waals surface area contributed by atoms with Crippen LogP contribution >= 0.6 is 15.9 Å². The van der Waals surface area contributed by atoms with Crippen LogP contribution in [0.5, 0.6) is 0 Å². The van der Waals surface area contributed by atoms with Gasteiger partial charge in [0.2, 0.25) is 6.29 Å². The summed E-state index contributed by atoms with van der Waals surface area (Å²) in [6, 6.07) is 7.01. The van der Waals surface area contributed by atoms with Crippen molar-refractivity contribution in [2.45, 2.75) is 12.7 Å². The van der Waals surface area contributed by atoms with E-state index in [0.29, 0.717) is 17.6 Å². The second-order valence-electron chi connectivity index (χ2n) is 6.04. The molecule has 1 aromatic rings. The Hall–Kier alpha value is -2.12. The first-order valence-electron chi connectivity index (χ1n) is 8.13. The molecular formula is C19H19BrO6. The second kappa shape index (κ2) is 8.05. The Morgan fingerprint density at radius 3 is 2.77 bits per heavy atom. The highest BCUT2D eigenvalue weighted by Crippen LogP contribution is 2.43. The minimum atomic E-state index is -0.535. The first-order chi connectivity index (χ1) is 12.5. The fourth-order valence-electron chi connectivity index (χ4n) is 3.34. The van der Waals surface area contributed by atoms with E-state index in [1.807, 2.05) is 12.1 Å². The Morgan fingerprint density at radius 2 is 2.08 bits per heavy atom. The molecule has 0 unspecified atom stereocenters. The van der Waals surface area contributed by atoms with E-state index in [4.69, 9.17) is 18.9 Å². The number of allylic oxidation sites excluding steroid dienone is 1. The summed E-state index contributed by atoms with van der Waals surface area (Å²) in [5.41, 5.74) is 1.81. The van der Waals surface area contributed by atoms with E-state index in [1.165, 1.54) is 13.4 Å². The van der Waals surface area contributed by atoms with Crippen molar-refractivity contribution in [2.75, 3.05) is 20.8 Å². The number of fused-ring (bicyclic) bond motifs is 1. The van der Waals surface area contributed by atoms with Gasteiger partial charge in [-0.25, -0.2) is 9.59 Å². The van der Waals surface area contributed by atoms with Crippen molar-refractivity contribution in [2.24, 2.45) is 11.8 Å². The highest BCUT2D eigenvalue weighted by atomic mass is 79.9. The lowest BCUT2D eigenvalue weighted by molar-refractivity contribution is -0.146. The molecule has 1 aromatic carbocycles. The number of carbonyl (C=O) groups is 2. The average molecular weight is 423 g/mol. The van der Waals surface area contributed by atoms with E-state index in [9.17, 15) is 9.59 Å². The molecule has 0 saturated carbocycles. The largest absolute Gasteiger partial charge is 0.471 e. The molecule has 3 rings (SSSR count). The van der Waals surface area contributed by atoms with Crippen molar-refractivity contribution in [1.82, 2.24) is 0 Å². The molecular weight excluding hydrogens is 404 g/mol. The molecule has 6 nitrogen and oxygen atoms in total. The Bertz CT molecular complexity index is 769. The van der Waals surface area contributed by atoms with Gasteiger partial charge in [-0.1, -0.05) is 28.1 Å². The summed E-state index contributed by atoms with van der Waals surface area (Å²) in [6.07, 6.45) is 3.48. The topological polar surface area (TPSA) is 71.1 Å². The molecule has 138 valence electrons. The minimum Gasteiger partial charge on any atom is -0.471 e. The quantitative estimate of drug-likeness (QED) is 0.535. The molecule has 0 N–H and O–H groups in total. The summed E-state index contributed by atoms with van der Waals surface area (Å²) in [6.45, 7) is 0.115. The van der Waals surface area contributed by atoms with Crippen LogP contribution < -0.4 is 0 Å². The molecule has 3 atom stereocenters. The van der Waals surface area contributed by atoms with Gasteiger partial charge in [0.1, 0.15) is 6.61 Å². The van der Waals surface area contributed by atoms with Crippen LogP contribution in [-0.4, -0.2) is 39.1 Å². The zero-order chi connectivity index (χ0) is 18.7. The van der Waals surface area contributed by atoms with Gasteiger partial charge in [-0.2, -0.15) is 0 Å². The lowest BCUT2D eigenvalue weighted by atomic mass is 9.83. The van der Waals surface area contributed by atoms with Crippen molar-refractivity contribution in [3.8, 4) is 0 Å². The SMILES string of the molecule is COC(=O)C1=CO[C@@H](OC)[C@@H]2C(COC(=O)c3cccc(Br)c3)=CC[C@H]12. The van der Waals surface area contributed by atoms with Gasteiger partial charge >= 0.3 is 11.9 Å². The van der Waals surface area contributed by atoms with E-state index in [0.717, 1.165) is 10.0 Å². The van der Waals surface area contributed by atoms with Crippen molar-refractivity contribution >= 4 is 27.9 Å². The van der Waals surface area contributed by atoms with Gasteiger partial charge in [-0.15, -0.1) is 0 Å². The molecule has 1 aliphatic heterocycles. The number of hydrogen-bond donors (Lipinski definition) is 0. The number of carbonyl (C=O) groups excluding carboxylic acids is 2. The zero-order valence-corrected chi connectivity index (χ0v) is 16.0. The Kier molecular flexibility index (Phi) is 5.78. The number of benzene rings is 1. The van der Waals surface area contributed by atoms with Crippen molar-refractivity contribution in [1.29, 1.82) is 0 Å². The molecule has 0 saturated heterocycles. The van der Waals surface area contributed by atoms with Crippen LogP contribution in [0.25, 0.3) is 0 Å². The summed E-state index contributed by atoms with van der Waals surface area (Å²) < 4.78 is 22.0. The third kappa shape index (κ3) is 3.68. The standard InChI is InChI=1S/C19H19BrO6/c1-23-18(22)15-10-26-19(24-2)16-12(6-7-14(15)16)9-25-17(21)11-4-3-5-13(20)8-11/h3-6,8,10,14,16,19H,7,9H2,1-2H3/t14-,16-,19-/m1/s1. The van der Waals surface area contributed by atoms with E-state index < -0.39 is 18.2 Å². The smallest absolute Gasteiger partial charge is 0.338 e. The molecule has 1 aliphatic carbocycles. The number of ether oxygens (including phenoxy) is 4. The number of hydrogen-bond acceptors (Lipinski definition) is 6. The lowest BCUT2D eigenvalue weighted by Crippen LogP contribution is -2.37. The lowest BCUT2D eigenvalue weighted by Gasteiger charge is -2.33. The van der Waals surface area contributed by atoms with Crippen LogP contribution in [0, 0.1) is 11.8 Å². The van der Waals surface area contributed by atoms with Gasteiger partial charge < -0.3 is 18.9 Å². The second-order valence-corrected chi connectivity index (χ2v) is 6.95. The summed E-state index contributed by atoms with van der Waals surface area (Å²) in [5, 5.41) is 0. The van der Waals surface area contributed by atoms with Crippen LogP contribution in [-0.2, 0) is 23.7 Å². The van der Waals surface area contributed by atoms with Crippen LogP contribution in [0.3, 0.4) is 0 Å². The molecule has 2 aliphatic rings. The van der Waals surface area contributed by atoms with Gasteiger partial charge in [0.05, 0.1) is 30.4 Å². The molecule has 0 spiro atoms. The third-order valence-corrected chi connectivity index (χ3v) is 5.09. The average Bonchev–Trinajstić information content (AvgIpc) is 3.09. The van der Waals surface area contributed by atoms with Gasteiger partial charge in [-0.3, -0.25) is 0 Å². The molecule has 0 fully saturated rings. The van der Waals surface area contributed by atoms with E-state index in [1.54, 1.807) is 25.3 Å². The van der Waals surface area contributed by atoms with Crippen LogP contribution in [0.1, 0.15) is 16.8 Å². The number of halogens is 1. The highest BCUT2D eigenvalue weighted by molar-refractivity contribution is 9.10. The van der Waals surface area contributed by atoms with Crippen molar-refractivity contribution in [3.05, 3.63) is 57.8 Å². The molecule has 0 aromatic heterocycles. The van der Waals surface area contributed by atoms with Crippen LogP contribution in [0.4, 0.5) is 0 Å². The van der Waals surface area contributed by atoms with Crippen molar-refractivity contribution in [3.63, 3.8) is 0 Å². The highest BCUT2D eigenvalue weighted by Gasteiger charge is 2.44. The summed E-state index contributed by atoms with van der Waals surface area (Å²) >= 11 is 3.34. The maximum absolute atomic E-state index is 12.3. The zero-order valence-electron chi connectivity index (χ0n) is 14.4. The molecule has 0 amide bonds. The van der Waals surface area contributed by atoms with E-state index >= 15 is 0 Å². The molecule has 1 heterocycles. The number of rotatable bonds is 5. The van der Waals surface area contributed by atoms with Crippen LogP contribution in [0.15, 0.2) is 52.2 Å². The van der Waals surface area contributed by atoms with Crippen molar-refractivity contribution < 1.29 is 28.5 Å². The maximum Gasteiger partial charge on any atom is 0.338 e. The fourth-order valence-corrected chi connectivity index (χ4v) is 3.74. The first-order valence-corrected chi connectivity index (χ1v) is 8.92. The normalized spacial score (nSPS) is 24.0. The predicted molar refractivity (Wildman–Crippen MR) is 96.1 cm³/mol. The third-order valence-electron chi connectivity index (χ3n) is 4.60. The summed E-state index contributed by atoms with van der Waals surface area (Å²) in [4.78, 5) is 24.2. The molecule has 7 heteroatoms. The fraction of sp³-hybridized carbons (Fsp3) is 0.368. The van der Waals surface area contributed by atoms with Gasteiger partial charge in [0, 0.05) is 17.5 Å². The number of methoxy groups -OCH3 is 2. The molecule has 26 heavy (non-hydrogen) atoms. The monoisotopic (exact) mass is 422 g/mol. The first kappa shape index (κ1) is 18.7. The number of esters is 2.